The Hall–Kier alpha value is -2.87. The van der Waals surface area contributed by atoms with E-state index in [4.69, 9.17) is 14.7 Å². The number of carbonyl (C=O) groups is 1. The van der Waals surface area contributed by atoms with Crippen molar-refractivity contribution in [3.8, 4) is 0 Å². The molecule has 8 heteroatoms. The molecule has 0 aliphatic carbocycles. The van der Waals surface area contributed by atoms with Gasteiger partial charge in [0.2, 0.25) is 17.4 Å². The summed E-state index contributed by atoms with van der Waals surface area (Å²) in [5.41, 5.74) is 6.06. The molecule has 0 saturated carbocycles. The van der Waals surface area contributed by atoms with E-state index in [0.717, 1.165) is 0 Å². The number of benzene rings is 1. The third-order valence-corrected chi connectivity index (χ3v) is 4.38. The molecule has 2 aromatic rings. The first-order valence-electron chi connectivity index (χ1n) is 6.59. The Balaban J connectivity index is 1.87. The van der Waals surface area contributed by atoms with Crippen molar-refractivity contribution in [1.29, 1.82) is 0 Å². The predicted octanol–water partition coefficient (Wildman–Crippen LogP) is 1.26. The molecule has 0 amide bonds. The predicted molar refractivity (Wildman–Crippen MR) is 79.0 cm³/mol. The Morgan fingerprint density at radius 2 is 1.87 bits per heavy atom. The van der Waals surface area contributed by atoms with Crippen LogP contribution in [0.1, 0.15) is 11.7 Å². The van der Waals surface area contributed by atoms with Gasteiger partial charge in [-0.3, -0.25) is 9.78 Å². The van der Waals surface area contributed by atoms with Crippen LogP contribution < -0.4 is 5.73 Å². The summed E-state index contributed by atoms with van der Waals surface area (Å²) in [6.07, 6.45) is 1.91. The zero-order chi connectivity index (χ0) is 16.4. The molecule has 0 bridgehead atoms. The second kappa shape index (κ2) is 5.73. The molecule has 7 nitrogen and oxygen atoms in total. The van der Waals surface area contributed by atoms with E-state index in [9.17, 15) is 13.2 Å². The number of carbonyl (C=O) groups excluding carboxylic acids is 1. The Kier molecular flexibility index (Phi) is 3.75. The van der Waals surface area contributed by atoms with Crippen molar-refractivity contribution in [2.75, 3.05) is 0 Å². The fourth-order valence-electron chi connectivity index (χ4n) is 2.05. The maximum absolute atomic E-state index is 12.3. The average molecular weight is 332 g/mol. The number of ketones is 1. The fraction of sp³-hybridized carbons (Fsp3) is 0.0667. The Morgan fingerprint density at radius 1 is 1.13 bits per heavy atom. The fourth-order valence-corrected chi connectivity index (χ4v) is 3.02. The first-order chi connectivity index (χ1) is 11.0. The van der Waals surface area contributed by atoms with E-state index in [1.165, 1.54) is 24.5 Å². The van der Waals surface area contributed by atoms with Crippen LogP contribution in [0.5, 0.6) is 0 Å². The Morgan fingerprint density at radius 3 is 2.52 bits per heavy atom. The third-order valence-electron chi connectivity index (χ3n) is 3.14. The van der Waals surface area contributed by atoms with Crippen LogP contribution in [0.3, 0.4) is 0 Å². The monoisotopic (exact) mass is 332 g/mol. The summed E-state index contributed by atoms with van der Waals surface area (Å²) < 4.78 is 34.5. The standard InChI is InChI=1S/C15H12N2O5S/c16-15-14(22-23(19,20)11-6-2-1-3-7-11)12(18)13(21-15)10-5-4-8-17-9-10/h1-9,13H,16H2. The quantitative estimate of drug-likeness (QED) is 0.839. The molecule has 1 aliphatic rings. The van der Waals surface area contributed by atoms with E-state index in [2.05, 4.69) is 4.98 Å². The zero-order valence-corrected chi connectivity index (χ0v) is 12.6. The third kappa shape index (κ3) is 2.88. The molecule has 3 rings (SSSR count). The van der Waals surface area contributed by atoms with Crippen LogP contribution in [0.25, 0.3) is 0 Å². The molecule has 1 aromatic heterocycles. The van der Waals surface area contributed by atoms with Gasteiger partial charge >= 0.3 is 10.1 Å². The summed E-state index contributed by atoms with van der Waals surface area (Å²) in [4.78, 5) is 16.1. The van der Waals surface area contributed by atoms with E-state index in [1.807, 2.05) is 0 Å². The van der Waals surface area contributed by atoms with Crippen molar-refractivity contribution in [2.24, 2.45) is 5.73 Å². The number of nitrogens with two attached hydrogens (primary N) is 1. The van der Waals surface area contributed by atoms with Crippen LogP contribution in [0.4, 0.5) is 0 Å². The van der Waals surface area contributed by atoms with Gasteiger partial charge in [-0.25, -0.2) is 0 Å². The highest BCUT2D eigenvalue weighted by Crippen LogP contribution is 2.32. The summed E-state index contributed by atoms with van der Waals surface area (Å²) in [7, 11) is -4.17. The van der Waals surface area contributed by atoms with Crippen LogP contribution in [0, 0.1) is 0 Å². The van der Waals surface area contributed by atoms with E-state index >= 15 is 0 Å². The number of ether oxygens (including phenoxy) is 1. The Bertz CT molecular complexity index is 863. The summed E-state index contributed by atoms with van der Waals surface area (Å²) in [6, 6.07) is 10.7. The highest BCUT2D eigenvalue weighted by molar-refractivity contribution is 7.86. The summed E-state index contributed by atoms with van der Waals surface area (Å²) >= 11 is 0. The maximum Gasteiger partial charge on any atom is 0.339 e. The minimum absolute atomic E-state index is 0.0853. The van der Waals surface area contributed by atoms with Crippen molar-refractivity contribution < 1.29 is 22.1 Å². The topological polar surface area (TPSA) is 109 Å². The second-order valence-electron chi connectivity index (χ2n) is 4.69. The molecule has 0 spiro atoms. The van der Waals surface area contributed by atoms with Gasteiger partial charge in [0.1, 0.15) is 4.90 Å². The molecule has 1 atom stereocenters. The van der Waals surface area contributed by atoms with Gasteiger partial charge in [-0.15, -0.1) is 0 Å². The number of nitrogens with zero attached hydrogens (tertiary/aromatic N) is 1. The Labute approximate surface area is 132 Å². The lowest BCUT2D eigenvalue weighted by Crippen LogP contribution is -2.15. The van der Waals surface area contributed by atoms with Crippen LogP contribution in [-0.2, 0) is 23.8 Å². The number of hydrogen-bond donors (Lipinski definition) is 1. The van der Waals surface area contributed by atoms with E-state index in [-0.39, 0.29) is 10.8 Å². The molecule has 1 aliphatic heterocycles. The minimum Gasteiger partial charge on any atom is -0.460 e. The molecule has 1 unspecified atom stereocenters. The molecule has 0 fully saturated rings. The highest BCUT2D eigenvalue weighted by Gasteiger charge is 2.39. The van der Waals surface area contributed by atoms with E-state index in [0.29, 0.717) is 5.56 Å². The molecular formula is C15H12N2O5S. The average Bonchev–Trinajstić information content (AvgIpc) is 2.84. The van der Waals surface area contributed by atoms with Crippen LogP contribution in [0.2, 0.25) is 0 Å². The van der Waals surface area contributed by atoms with Gasteiger partial charge in [-0.2, -0.15) is 8.42 Å². The van der Waals surface area contributed by atoms with Crippen LogP contribution in [-0.4, -0.2) is 19.2 Å². The number of rotatable bonds is 4. The number of aromatic nitrogens is 1. The van der Waals surface area contributed by atoms with Gasteiger partial charge in [0.05, 0.1) is 0 Å². The number of Topliss-reactive ketones (excluding diaryl/α,β-unsaturated/α-hetero) is 1. The van der Waals surface area contributed by atoms with Crippen molar-refractivity contribution >= 4 is 15.9 Å². The number of pyridine rings is 1. The minimum atomic E-state index is -4.17. The van der Waals surface area contributed by atoms with Crippen LogP contribution >= 0.6 is 0 Å². The summed E-state index contributed by atoms with van der Waals surface area (Å²) in [6.45, 7) is 0. The van der Waals surface area contributed by atoms with Crippen molar-refractivity contribution in [3.63, 3.8) is 0 Å². The maximum atomic E-state index is 12.3. The van der Waals surface area contributed by atoms with E-state index in [1.54, 1.807) is 30.3 Å². The zero-order valence-electron chi connectivity index (χ0n) is 11.7. The smallest absolute Gasteiger partial charge is 0.339 e. The normalized spacial score (nSPS) is 17.9. The van der Waals surface area contributed by atoms with Crippen molar-refractivity contribution in [1.82, 2.24) is 4.98 Å². The van der Waals surface area contributed by atoms with Gasteiger partial charge in [-0.05, 0) is 18.2 Å². The molecule has 2 N–H and O–H groups in total. The molecule has 0 radical (unpaired) electrons. The van der Waals surface area contributed by atoms with Gasteiger partial charge < -0.3 is 14.7 Å². The largest absolute Gasteiger partial charge is 0.460 e. The molecule has 0 saturated heterocycles. The lowest BCUT2D eigenvalue weighted by atomic mass is 10.1. The first kappa shape index (κ1) is 15.0. The van der Waals surface area contributed by atoms with Gasteiger partial charge in [0.15, 0.2) is 6.10 Å². The lowest BCUT2D eigenvalue weighted by Gasteiger charge is -2.08. The SMILES string of the molecule is NC1=C(OS(=O)(=O)c2ccccc2)C(=O)C(c2cccnc2)O1. The lowest BCUT2D eigenvalue weighted by molar-refractivity contribution is -0.123. The first-order valence-corrected chi connectivity index (χ1v) is 8.00. The van der Waals surface area contributed by atoms with Crippen LogP contribution in [0.15, 0.2) is 71.4 Å². The van der Waals surface area contributed by atoms with Crippen molar-refractivity contribution in [3.05, 3.63) is 72.1 Å². The van der Waals surface area contributed by atoms with Crippen molar-refractivity contribution in [2.45, 2.75) is 11.0 Å². The molecule has 2 heterocycles. The summed E-state index contributed by atoms with van der Waals surface area (Å²) in [5.74, 6) is -1.57. The van der Waals surface area contributed by atoms with Gasteiger partial charge in [0, 0.05) is 18.0 Å². The number of hydrogen-bond acceptors (Lipinski definition) is 7. The molecule has 1 aromatic carbocycles. The molecule has 118 valence electrons. The molecular weight excluding hydrogens is 320 g/mol. The second-order valence-corrected chi connectivity index (χ2v) is 6.24. The highest BCUT2D eigenvalue weighted by atomic mass is 32.2. The van der Waals surface area contributed by atoms with E-state index < -0.39 is 27.8 Å². The van der Waals surface area contributed by atoms with Gasteiger partial charge in [-0.1, -0.05) is 24.3 Å². The summed E-state index contributed by atoms with van der Waals surface area (Å²) in [5, 5.41) is 0. The van der Waals surface area contributed by atoms with Gasteiger partial charge in [0.25, 0.3) is 0 Å². The molecule has 23 heavy (non-hydrogen) atoms.